The number of imide groups is 1. The molecule has 160 valence electrons. The molecule has 2 N–H and O–H groups in total. The highest BCUT2D eigenvalue weighted by atomic mass is 79.9. The van der Waals surface area contributed by atoms with Gasteiger partial charge in [-0.3, -0.25) is 14.4 Å². The van der Waals surface area contributed by atoms with Crippen LogP contribution >= 0.6 is 27.5 Å². The summed E-state index contributed by atoms with van der Waals surface area (Å²) in [5, 5.41) is 5.53. The maximum Gasteiger partial charge on any atom is 0.283 e. The van der Waals surface area contributed by atoms with Gasteiger partial charge in [-0.15, -0.1) is 0 Å². The molecule has 1 aliphatic heterocycles. The number of nitrogens with one attached hydrogen (secondary N) is 2. The Balaban J connectivity index is 1.47. The lowest BCUT2D eigenvalue weighted by Gasteiger charge is -2.15. The summed E-state index contributed by atoms with van der Waals surface area (Å²) in [7, 11) is 0. The van der Waals surface area contributed by atoms with Crippen molar-refractivity contribution in [2.75, 3.05) is 15.5 Å². The van der Waals surface area contributed by atoms with E-state index in [1.165, 1.54) is 0 Å². The third-order valence-electron chi connectivity index (χ3n) is 4.84. The molecule has 0 fully saturated rings. The molecule has 0 radical (unpaired) electrons. The molecular formula is C24H17BrClN3O3. The van der Waals surface area contributed by atoms with Gasteiger partial charge in [-0.05, 0) is 67.6 Å². The summed E-state index contributed by atoms with van der Waals surface area (Å²) in [5.74, 6) is -1.40. The van der Waals surface area contributed by atoms with Crippen LogP contribution in [0.2, 0.25) is 0 Å². The molecule has 0 unspecified atom stereocenters. The van der Waals surface area contributed by atoms with E-state index in [1.54, 1.807) is 48.5 Å². The van der Waals surface area contributed by atoms with Gasteiger partial charge in [0.05, 0.1) is 5.69 Å². The molecule has 0 saturated heterocycles. The average Bonchev–Trinajstić information content (AvgIpc) is 3.00. The first-order valence-electron chi connectivity index (χ1n) is 9.63. The summed E-state index contributed by atoms with van der Waals surface area (Å²) < 4.78 is 0.916. The van der Waals surface area contributed by atoms with Gasteiger partial charge in [0, 0.05) is 21.4 Å². The second-order valence-electron chi connectivity index (χ2n) is 7.13. The second kappa shape index (κ2) is 8.98. The highest BCUT2D eigenvalue weighted by molar-refractivity contribution is 9.10. The van der Waals surface area contributed by atoms with Crippen LogP contribution in [-0.4, -0.2) is 17.7 Å². The van der Waals surface area contributed by atoms with Crippen LogP contribution < -0.4 is 15.5 Å². The minimum atomic E-state index is -0.589. The fraction of sp³-hybridized carbons (Fsp3) is 0.0417. The van der Waals surface area contributed by atoms with Crippen LogP contribution in [0.3, 0.4) is 0 Å². The number of hydrogen-bond acceptors (Lipinski definition) is 4. The minimum absolute atomic E-state index is 0.00990. The number of halogens is 2. The molecule has 8 heteroatoms. The van der Waals surface area contributed by atoms with Crippen LogP contribution in [0, 0.1) is 6.92 Å². The molecule has 0 spiro atoms. The summed E-state index contributed by atoms with van der Waals surface area (Å²) >= 11 is 9.52. The predicted molar refractivity (Wildman–Crippen MR) is 129 cm³/mol. The van der Waals surface area contributed by atoms with Gasteiger partial charge in [-0.1, -0.05) is 45.2 Å². The summed E-state index contributed by atoms with van der Waals surface area (Å²) in [6.07, 6.45) is 0. The SMILES string of the molecule is Cc1ccc(N2C(=O)C(Cl)=C(Nc3ccc(C(=O)Nc4ccc(Br)cc4)cc3)C2=O)cc1. The molecule has 4 rings (SSSR count). The number of nitrogens with zero attached hydrogens (tertiary/aromatic N) is 1. The largest absolute Gasteiger partial charge is 0.350 e. The van der Waals surface area contributed by atoms with E-state index in [2.05, 4.69) is 26.6 Å². The fourth-order valence-electron chi connectivity index (χ4n) is 3.13. The van der Waals surface area contributed by atoms with Gasteiger partial charge in [0.2, 0.25) is 0 Å². The van der Waals surface area contributed by atoms with Crippen LogP contribution in [0.4, 0.5) is 17.1 Å². The van der Waals surface area contributed by atoms with E-state index >= 15 is 0 Å². The lowest BCUT2D eigenvalue weighted by Crippen LogP contribution is -2.32. The van der Waals surface area contributed by atoms with Crippen LogP contribution in [-0.2, 0) is 9.59 Å². The first-order chi connectivity index (χ1) is 15.3. The molecule has 0 aliphatic carbocycles. The summed E-state index contributed by atoms with van der Waals surface area (Å²) in [6.45, 7) is 1.92. The smallest absolute Gasteiger partial charge is 0.283 e. The standard InChI is InChI=1S/C24H17BrClN3O3/c1-14-2-12-19(13-3-14)29-23(31)20(26)21(24(29)32)27-17-8-4-15(5-9-17)22(30)28-18-10-6-16(25)7-11-18/h2-13,27H,1H3,(H,28,30). The molecule has 0 saturated carbocycles. The monoisotopic (exact) mass is 509 g/mol. The molecule has 1 aliphatic rings. The normalized spacial score (nSPS) is 13.5. The van der Waals surface area contributed by atoms with Crippen molar-refractivity contribution < 1.29 is 14.4 Å². The zero-order valence-electron chi connectivity index (χ0n) is 16.9. The van der Waals surface area contributed by atoms with E-state index in [4.69, 9.17) is 11.6 Å². The van der Waals surface area contributed by atoms with Crippen molar-refractivity contribution in [1.29, 1.82) is 0 Å². The molecule has 3 amide bonds. The first-order valence-corrected chi connectivity index (χ1v) is 10.8. The van der Waals surface area contributed by atoms with E-state index < -0.39 is 11.8 Å². The van der Waals surface area contributed by atoms with Crippen molar-refractivity contribution in [3.05, 3.63) is 99.1 Å². The molecule has 32 heavy (non-hydrogen) atoms. The van der Waals surface area contributed by atoms with Gasteiger partial charge in [-0.2, -0.15) is 0 Å². The van der Waals surface area contributed by atoms with Gasteiger partial charge in [0.25, 0.3) is 17.7 Å². The van der Waals surface area contributed by atoms with Gasteiger partial charge >= 0.3 is 0 Å². The third kappa shape index (κ3) is 4.44. The molecule has 0 atom stereocenters. The summed E-state index contributed by atoms with van der Waals surface area (Å²) in [4.78, 5) is 38.9. The molecular weight excluding hydrogens is 494 g/mol. The number of hydrogen-bond donors (Lipinski definition) is 2. The second-order valence-corrected chi connectivity index (χ2v) is 8.43. The van der Waals surface area contributed by atoms with E-state index in [-0.39, 0.29) is 16.6 Å². The van der Waals surface area contributed by atoms with Crippen molar-refractivity contribution in [3.63, 3.8) is 0 Å². The Morgan fingerprint density at radius 2 is 1.44 bits per heavy atom. The highest BCUT2D eigenvalue weighted by Crippen LogP contribution is 2.30. The number of rotatable bonds is 5. The molecule has 1 heterocycles. The Hall–Kier alpha value is -3.42. The Labute approximate surface area is 198 Å². The third-order valence-corrected chi connectivity index (χ3v) is 5.72. The van der Waals surface area contributed by atoms with Gasteiger partial charge < -0.3 is 10.6 Å². The number of carbonyl (C=O) groups is 3. The predicted octanol–water partition coefficient (Wildman–Crippen LogP) is 5.45. The molecule has 6 nitrogen and oxygen atoms in total. The number of aryl methyl sites for hydroxylation is 1. The van der Waals surface area contributed by atoms with Gasteiger partial charge in [-0.25, -0.2) is 4.90 Å². The lowest BCUT2D eigenvalue weighted by molar-refractivity contribution is -0.120. The van der Waals surface area contributed by atoms with Crippen molar-refractivity contribution in [2.45, 2.75) is 6.92 Å². The summed E-state index contributed by atoms with van der Waals surface area (Å²) in [5.41, 5.74) is 3.07. The quantitative estimate of drug-likeness (QED) is 0.448. The highest BCUT2D eigenvalue weighted by Gasteiger charge is 2.38. The fourth-order valence-corrected chi connectivity index (χ4v) is 3.60. The zero-order valence-corrected chi connectivity index (χ0v) is 19.2. The average molecular weight is 511 g/mol. The Morgan fingerprint density at radius 3 is 2.06 bits per heavy atom. The lowest BCUT2D eigenvalue weighted by atomic mass is 10.2. The molecule has 3 aromatic rings. The zero-order chi connectivity index (χ0) is 22.8. The Kier molecular flexibility index (Phi) is 6.12. The number of amides is 3. The number of carbonyl (C=O) groups excluding carboxylic acids is 3. The van der Waals surface area contributed by atoms with E-state index in [1.807, 2.05) is 31.2 Å². The maximum absolute atomic E-state index is 12.9. The minimum Gasteiger partial charge on any atom is -0.350 e. The van der Waals surface area contributed by atoms with Crippen LogP contribution in [0.15, 0.2) is 88.0 Å². The van der Waals surface area contributed by atoms with Crippen molar-refractivity contribution in [1.82, 2.24) is 0 Å². The topological polar surface area (TPSA) is 78.5 Å². The van der Waals surface area contributed by atoms with E-state index in [9.17, 15) is 14.4 Å². The molecule has 0 aromatic heterocycles. The number of benzene rings is 3. The van der Waals surface area contributed by atoms with Crippen molar-refractivity contribution >= 4 is 62.3 Å². The van der Waals surface area contributed by atoms with Crippen LogP contribution in [0.25, 0.3) is 0 Å². The Bertz CT molecular complexity index is 1240. The van der Waals surface area contributed by atoms with Crippen LogP contribution in [0.1, 0.15) is 15.9 Å². The maximum atomic E-state index is 12.9. The summed E-state index contributed by atoms with van der Waals surface area (Å²) in [6, 6.07) is 20.8. The van der Waals surface area contributed by atoms with Crippen molar-refractivity contribution in [2.24, 2.45) is 0 Å². The number of anilines is 3. The molecule has 0 bridgehead atoms. The first kappa shape index (κ1) is 21.8. The van der Waals surface area contributed by atoms with Crippen molar-refractivity contribution in [3.8, 4) is 0 Å². The van der Waals surface area contributed by atoms with E-state index in [0.29, 0.717) is 22.6 Å². The van der Waals surface area contributed by atoms with Gasteiger partial charge in [0.15, 0.2) is 0 Å². The van der Waals surface area contributed by atoms with Crippen LogP contribution in [0.5, 0.6) is 0 Å². The molecule has 3 aromatic carbocycles. The Morgan fingerprint density at radius 1 is 0.844 bits per heavy atom. The van der Waals surface area contributed by atoms with E-state index in [0.717, 1.165) is 14.9 Å². The van der Waals surface area contributed by atoms with Gasteiger partial charge in [0.1, 0.15) is 10.7 Å².